The molecule has 116 valence electrons. The average molecular weight is 306 g/mol. The molecule has 1 aliphatic heterocycles. The van der Waals surface area contributed by atoms with Crippen LogP contribution >= 0.6 is 12.2 Å². The van der Waals surface area contributed by atoms with Gasteiger partial charge < -0.3 is 14.8 Å². The number of hydrogen-bond donors (Lipinski definition) is 1. The fraction of sp³-hybridized carbons (Fsp3) is 0.688. The van der Waals surface area contributed by atoms with E-state index >= 15 is 0 Å². The maximum atomic E-state index is 5.48. The summed E-state index contributed by atoms with van der Waals surface area (Å²) in [6.45, 7) is 10.9. The lowest BCUT2D eigenvalue weighted by Crippen LogP contribution is -2.52. The Morgan fingerprint density at radius 1 is 1.10 bits per heavy atom. The van der Waals surface area contributed by atoms with Crippen LogP contribution in [0.5, 0.6) is 0 Å². The van der Waals surface area contributed by atoms with Crippen molar-refractivity contribution in [2.75, 3.05) is 32.7 Å². The number of nitrogens with zero attached hydrogens (tertiary/aromatic N) is 3. The predicted molar refractivity (Wildman–Crippen MR) is 90.7 cm³/mol. The van der Waals surface area contributed by atoms with E-state index in [0.717, 1.165) is 44.4 Å². The van der Waals surface area contributed by atoms with Gasteiger partial charge >= 0.3 is 0 Å². The highest BCUT2D eigenvalue weighted by Gasteiger charge is 2.25. The highest BCUT2D eigenvalue weighted by Crippen LogP contribution is 2.19. The van der Waals surface area contributed by atoms with Crippen molar-refractivity contribution in [3.05, 3.63) is 23.5 Å². The molecule has 1 saturated heterocycles. The lowest BCUT2D eigenvalue weighted by Gasteiger charge is -2.36. The van der Waals surface area contributed by atoms with Crippen LogP contribution in [0, 0.1) is 13.8 Å². The Kier molecular flexibility index (Phi) is 4.50. The number of piperazine rings is 1. The minimum absolute atomic E-state index is 0.662. The predicted octanol–water partition coefficient (Wildman–Crippen LogP) is 1.76. The molecule has 0 aromatic carbocycles. The van der Waals surface area contributed by atoms with Gasteiger partial charge in [-0.15, -0.1) is 0 Å². The summed E-state index contributed by atoms with van der Waals surface area (Å²) in [6, 6.07) is 5.07. The minimum atomic E-state index is 0.662. The van der Waals surface area contributed by atoms with Gasteiger partial charge in [-0.1, -0.05) is 0 Å². The van der Waals surface area contributed by atoms with Gasteiger partial charge in [0, 0.05) is 56.7 Å². The smallest absolute Gasteiger partial charge is 0.169 e. The third kappa shape index (κ3) is 3.77. The standard InChI is InChI=1S/C16H26N4S/c1-13-3-4-14(2)20(13)12-9-18-7-10-19(11-8-18)16(21)17-15-5-6-15/h3-4,15H,5-12H2,1-2H3,(H,17,21). The van der Waals surface area contributed by atoms with Crippen molar-refractivity contribution >= 4 is 17.3 Å². The van der Waals surface area contributed by atoms with E-state index in [1.54, 1.807) is 0 Å². The van der Waals surface area contributed by atoms with Gasteiger partial charge in [0.25, 0.3) is 0 Å². The third-order valence-corrected chi connectivity index (χ3v) is 5.00. The molecule has 21 heavy (non-hydrogen) atoms. The molecule has 0 bridgehead atoms. The first-order valence-corrected chi connectivity index (χ1v) is 8.45. The summed E-state index contributed by atoms with van der Waals surface area (Å²) in [5.74, 6) is 0. The zero-order valence-electron chi connectivity index (χ0n) is 13.1. The van der Waals surface area contributed by atoms with Crippen molar-refractivity contribution in [2.24, 2.45) is 0 Å². The Morgan fingerprint density at radius 3 is 2.29 bits per heavy atom. The second-order valence-corrected chi connectivity index (χ2v) is 6.71. The summed E-state index contributed by atoms with van der Waals surface area (Å²) in [7, 11) is 0. The number of rotatable bonds is 4. The van der Waals surface area contributed by atoms with Gasteiger partial charge in [0.2, 0.25) is 0 Å². The van der Waals surface area contributed by atoms with Crippen molar-refractivity contribution in [2.45, 2.75) is 39.3 Å². The van der Waals surface area contributed by atoms with Gasteiger partial charge in [0.1, 0.15) is 0 Å². The lowest BCUT2D eigenvalue weighted by molar-refractivity contribution is 0.175. The molecule has 0 spiro atoms. The van der Waals surface area contributed by atoms with E-state index in [1.807, 2.05) is 0 Å². The monoisotopic (exact) mass is 306 g/mol. The summed E-state index contributed by atoms with van der Waals surface area (Å²) in [6.07, 6.45) is 2.57. The summed E-state index contributed by atoms with van der Waals surface area (Å²) in [5, 5.41) is 4.41. The van der Waals surface area contributed by atoms with Gasteiger partial charge in [-0.25, -0.2) is 0 Å². The van der Waals surface area contributed by atoms with E-state index in [2.05, 4.69) is 45.7 Å². The lowest BCUT2D eigenvalue weighted by atomic mass is 10.3. The number of thiocarbonyl (C=S) groups is 1. The molecule has 0 atom stereocenters. The van der Waals surface area contributed by atoms with Gasteiger partial charge in [-0.2, -0.15) is 0 Å². The van der Waals surface area contributed by atoms with Crippen LogP contribution in [-0.2, 0) is 6.54 Å². The van der Waals surface area contributed by atoms with Gasteiger partial charge in [0.05, 0.1) is 0 Å². The molecule has 2 aliphatic rings. The second kappa shape index (κ2) is 6.36. The maximum Gasteiger partial charge on any atom is 0.169 e. The fourth-order valence-electron chi connectivity index (χ4n) is 2.96. The minimum Gasteiger partial charge on any atom is -0.360 e. The molecule has 0 radical (unpaired) electrons. The molecule has 5 heteroatoms. The molecule has 4 nitrogen and oxygen atoms in total. The first kappa shape index (κ1) is 14.9. The van der Waals surface area contributed by atoms with Crippen LogP contribution in [0.1, 0.15) is 24.2 Å². The number of nitrogens with one attached hydrogen (secondary N) is 1. The Morgan fingerprint density at radius 2 is 1.71 bits per heavy atom. The average Bonchev–Trinajstić information content (AvgIpc) is 3.24. The fourth-order valence-corrected chi connectivity index (χ4v) is 3.31. The first-order chi connectivity index (χ1) is 10.1. The molecule has 1 N–H and O–H groups in total. The summed E-state index contributed by atoms with van der Waals surface area (Å²) >= 11 is 5.48. The molecule has 0 unspecified atom stereocenters. The molecule has 2 heterocycles. The zero-order valence-corrected chi connectivity index (χ0v) is 14.0. The molecule has 1 aromatic heterocycles. The zero-order chi connectivity index (χ0) is 14.8. The SMILES string of the molecule is Cc1ccc(C)n1CCN1CCN(C(=S)NC2CC2)CC1. The molecular weight excluding hydrogens is 280 g/mol. The molecule has 3 rings (SSSR count). The Hall–Kier alpha value is -1.07. The molecule has 1 saturated carbocycles. The van der Waals surface area contributed by atoms with E-state index in [1.165, 1.54) is 24.2 Å². The van der Waals surface area contributed by atoms with Crippen molar-refractivity contribution < 1.29 is 0 Å². The maximum absolute atomic E-state index is 5.48. The Balaban J connectivity index is 1.42. The van der Waals surface area contributed by atoms with Crippen molar-refractivity contribution in [1.82, 2.24) is 19.7 Å². The van der Waals surface area contributed by atoms with Crippen LogP contribution in [0.4, 0.5) is 0 Å². The van der Waals surface area contributed by atoms with Crippen LogP contribution in [-0.4, -0.2) is 58.2 Å². The van der Waals surface area contributed by atoms with Crippen LogP contribution in [0.2, 0.25) is 0 Å². The summed E-state index contributed by atoms with van der Waals surface area (Å²) in [5.41, 5.74) is 2.72. The van der Waals surface area contributed by atoms with Crippen molar-refractivity contribution in [1.29, 1.82) is 0 Å². The van der Waals surface area contributed by atoms with Crippen LogP contribution in [0.15, 0.2) is 12.1 Å². The molecule has 1 aromatic rings. The Labute approximate surface area is 133 Å². The quantitative estimate of drug-likeness (QED) is 0.856. The largest absolute Gasteiger partial charge is 0.360 e. The Bertz CT molecular complexity index is 479. The first-order valence-electron chi connectivity index (χ1n) is 8.04. The third-order valence-electron chi connectivity index (χ3n) is 4.62. The van der Waals surface area contributed by atoms with Crippen LogP contribution in [0.25, 0.3) is 0 Å². The normalized spacial score (nSPS) is 19.8. The van der Waals surface area contributed by atoms with E-state index in [-0.39, 0.29) is 0 Å². The van der Waals surface area contributed by atoms with Crippen LogP contribution in [0.3, 0.4) is 0 Å². The van der Waals surface area contributed by atoms with E-state index in [9.17, 15) is 0 Å². The molecule has 0 amide bonds. The van der Waals surface area contributed by atoms with E-state index < -0.39 is 0 Å². The molecule has 1 aliphatic carbocycles. The van der Waals surface area contributed by atoms with E-state index in [4.69, 9.17) is 12.2 Å². The van der Waals surface area contributed by atoms with Gasteiger partial charge in [-0.05, 0) is 51.0 Å². The number of aromatic nitrogens is 1. The van der Waals surface area contributed by atoms with Crippen molar-refractivity contribution in [3.8, 4) is 0 Å². The topological polar surface area (TPSA) is 23.4 Å². The summed E-state index contributed by atoms with van der Waals surface area (Å²) in [4.78, 5) is 4.88. The molecule has 2 fully saturated rings. The highest BCUT2D eigenvalue weighted by molar-refractivity contribution is 7.80. The number of aryl methyl sites for hydroxylation is 2. The second-order valence-electron chi connectivity index (χ2n) is 6.32. The van der Waals surface area contributed by atoms with Gasteiger partial charge in [0.15, 0.2) is 5.11 Å². The summed E-state index contributed by atoms with van der Waals surface area (Å²) < 4.78 is 2.41. The van der Waals surface area contributed by atoms with Crippen LogP contribution < -0.4 is 5.32 Å². The highest BCUT2D eigenvalue weighted by atomic mass is 32.1. The van der Waals surface area contributed by atoms with Gasteiger partial charge in [-0.3, -0.25) is 4.90 Å². The van der Waals surface area contributed by atoms with E-state index in [0.29, 0.717) is 6.04 Å². The molecular formula is C16H26N4S. The number of hydrogen-bond acceptors (Lipinski definition) is 2. The van der Waals surface area contributed by atoms with Crippen molar-refractivity contribution in [3.63, 3.8) is 0 Å².